The van der Waals surface area contributed by atoms with E-state index in [1.165, 1.54) is 0 Å². The molecular weight excluding hydrogens is 208 g/mol. The van der Waals surface area contributed by atoms with Gasteiger partial charge in [0.1, 0.15) is 0 Å². The van der Waals surface area contributed by atoms with Crippen LogP contribution < -0.4 is 5.32 Å². The maximum Gasteiger partial charge on any atom is 0.231 e. The molecule has 0 aliphatic carbocycles. The second-order valence-electron chi connectivity index (χ2n) is 3.85. The fraction of sp³-hybridized carbons (Fsp3) is 0.556. The molecule has 3 rings (SSSR count). The molecule has 2 aromatic rings. The molecule has 0 amide bonds. The maximum atomic E-state index is 5.25. The molecule has 1 saturated heterocycles. The molecule has 0 aromatic carbocycles. The summed E-state index contributed by atoms with van der Waals surface area (Å²) in [6.45, 7) is 1.97. The molecule has 0 bridgehead atoms. The van der Waals surface area contributed by atoms with Gasteiger partial charge < -0.3 is 9.84 Å². The molecule has 1 aliphatic heterocycles. The van der Waals surface area contributed by atoms with E-state index in [1.54, 1.807) is 6.20 Å². The van der Waals surface area contributed by atoms with Crippen molar-refractivity contribution in [3.63, 3.8) is 0 Å². The molecule has 1 fully saturated rings. The van der Waals surface area contributed by atoms with Gasteiger partial charge in [-0.05, 0) is 19.4 Å². The average molecular weight is 220 g/mol. The molecule has 7 nitrogen and oxygen atoms in total. The Morgan fingerprint density at radius 1 is 1.44 bits per heavy atom. The second-order valence-corrected chi connectivity index (χ2v) is 3.85. The third-order valence-electron chi connectivity index (χ3n) is 2.73. The first-order valence-corrected chi connectivity index (χ1v) is 5.34. The standard InChI is InChI=1S/C9H12N6O/c1-2-6(4-10-3-1)9-12-8(14-16-9)7-5-11-15-13-7/h5-6,10H,1-4H2,(H,11,13,15). The zero-order valence-electron chi connectivity index (χ0n) is 8.68. The summed E-state index contributed by atoms with van der Waals surface area (Å²) in [6.07, 6.45) is 3.81. The lowest BCUT2D eigenvalue weighted by molar-refractivity contribution is 0.322. The minimum atomic E-state index is 0.321. The fourth-order valence-corrected chi connectivity index (χ4v) is 1.88. The van der Waals surface area contributed by atoms with Gasteiger partial charge in [0.25, 0.3) is 0 Å². The first-order chi connectivity index (χ1) is 7.93. The van der Waals surface area contributed by atoms with Crippen molar-refractivity contribution in [1.82, 2.24) is 30.9 Å². The van der Waals surface area contributed by atoms with Gasteiger partial charge in [0, 0.05) is 6.54 Å². The van der Waals surface area contributed by atoms with Crippen molar-refractivity contribution >= 4 is 0 Å². The zero-order valence-corrected chi connectivity index (χ0v) is 8.68. The van der Waals surface area contributed by atoms with E-state index in [1.807, 2.05) is 0 Å². The van der Waals surface area contributed by atoms with Crippen LogP contribution in [0.1, 0.15) is 24.7 Å². The molecule has 0 radical (unpaired) electrons. The van der Waals surface area contributed by atoms with Crippen LogP contribution in [0.25, 0.3) is 11.5 Å². The normalized spacial score (nSPS) is 21.1. The van der Waals surface area contributed by atoms with Gasteiger partial charge in [0.05, 0.1) is 12.1 Å². The van der Waals surface area contributed by atoms with Gasteiger partial charge in [-0.25, -0.2) is 0 Å². The van der Waals surface area contributed by atoms with Crippen LogP contribution in [0.5, 0.6) is 0 Å². The molecule has 1 unspecified atom stereocenters. The number of aromatic amines is 1. The third kappa shape index (κ3) is 1.69. The van der Waals surface area contributed by atoms with Gasteiger partial charge in [0.15, 0.2) is 5.69 Å². The van der Waals surface area contributed by atoms with Crippen LogP contribution in [-0.4, -0.2) is 38.6 Å². The first-order valence-electron chi connectivity index (χ1n) is 5.34. The van der Waals surface area contributed by atoms with Gasteiger partial charge in [-0.3, -0.25) is 0 Å². The van der Waals surface area contributed by atoms with Crippen molar-refractivity contribution in [3.8, 4) is 11.5 Å². The highest BCUT2D eigenvalue weighted by Gasteiger charge is 2.22. The number of rotatable bonds is 2. The lowest BCUT2D eigenvalue weighted by Crippen LogP contribution is -2.28. The Balaban J connectivity index is 1.82. The number of H-pyrrole nitrogens is 1. The number of aromatic nitrogens is 5. The van der Waals surface area contributed by atoms with Gasteiger partial charge in [-0.15, -0.1) is 0 Å². The molecule has 1 aliphatic rings. The zero-order chi connectivity index (χ0) is 10.8. The highest BCUT2D eigenvalue weighted by atomic mass is 16.5. The van der Waals surface area contributed by atoms with Crippen LogP contribution in [0.15, 0.2) is 10.7 Å². The molecule has 16 heavy (non-hydrogen) atoms. The Morgan fingerprint density at radius 2 is 2.44 bits per heavy atom. The first kappa shape index (κ1) is 9.46. The summed E-state index contributed by atoms with van der Waals surface area (Å²) in [5.41, 5.74) is 0.610. The Morgan fingerprint density at radius 3 is 3.19 bits per heavy atom. The molecule has 3 heterocycles. The molecule has 1 atom stereocenters. The van der Waals surface area contributed by atoms with Gasteiger partial charge in [-0.2, -0.15) is 20.4 Å². The number of hydrogen-bond acceptors (Lipinski definition) is 6. The van der Waals surface area contributed by atoms with Crippen molar-refractivity contribution in [2.24, 2.45) is 0 Å². The molecule has 7 heteroatoms. The van der Waals surface area contributed by atoms with Crippen LogP contribution in [0.4, 0.5) is 0 Å². The number of nitrogens with zero attached hydrogens (tertiary/aromatic N) is 4. The summed E-state index contributed by atoms with van der Waals surface area (Å²) >= 11 is 0. The largest absolute Gasteiger partial charge is 0.339 e. The summed E-state index contributed by atoms with van der Waals surface area (Å²) in [5.74, 6) is 1.50. The maximum absolute atomic E-state index is 5.25. The minimum Gasteiger partial charge on any atom is -0.339 e. The van der Waals surface area contributed by atoms with E-state index >= 15 is 0 Å². The molecule has 0 spiro atoms. The van der Waals surface area contributed by atoms with Gasteiger partial charge in [0.2, 0.25) is 11.7 Å². The van der Waals surface area contributed by atoms with E-state index in [0.29, 0.717) is 23.3 Å². The Kier molecular flexibility index (Phi) is 2.37. The summed E-state index contributed by atoms with van der Waals surface area (Å²) in [7, 11) is 0. The number of nitrogens with one attached hydrogen (secondary N) is 2. The third-order valence-corrected chi connectivity index (χ3v) is 2.73. The van der Waals surface area contributed by atoms with Crippen molar-refractivity contribution in [3.05, 3.63) is 12.1 Å². The lowest BCUT2D eigenvalue weighted by atomic mass is 10.00. The van der Waals surface area contributed by atoms with E-state index in [-0.39, 0.29) is 0 Å². The molecular formula is C9H12N6O. The highest BCUT2D eigenvalue weighted by molar-refractivity contribution is 5.44. The monoisotopic (exact) mass is 220 g/mol. The Bertz CT molecular complexity index is 444. The average Bonchev–Trinajstić information content (AvgIpc) is 3.01. The summed E-state index contributed by atoms with van der Waals surface area (Å²) in [6, 6.07) is 0. The summed E-state index contributed by atoms with van der Waals surface area (Å²) in [4.78, 5) is 4.34. The quantitative estimate of drug-likeness (QED) is 0.757. The van der Waals surface area contributed by atoms with E-state index in [2.05, 4.69) is 30.9 Å². The van der Waals surface area contributed by atoms with Crippen LogP contribution in [-0.2, 0) is 0 Å². The van der Waals surface area contributed by atoms with E-state index in [4.69, 9.17) is 4.52 Å². The fourth-order valence-electron chi connectivity index (χ4n) is 1.88. The van der Waals surface area contributed by atoms with Crippen LogP contribution >= 0.6 is 0 Å². The van der Waals surface area contributed by atoms with E-state index < -0.39 is 0 Å². The van der Waals surface area contributed by atoms with Crippen LogP contribution in [0.2, 0.25) is 0 Å². The molecule has 84 valence electrons. The molecule has 2 aromatic heterocycles. The Labute approximate surface area is 91.6 Å². The predicted molar refractivity (Wildman–Crippen MR) is 54.5 cm³/mol. The van der Waals surface area contributed by atoms with Crippen molar-refractivity contribution in [2.45, 2.75) is 18.8 Å². The van der Waals surface area contributed by atoms with Crippen LogP contribution in [0.3, 0.4) is 0 Å². The van der Waals surface area contributed by atoms with E-state index in [0.717, 1.165) is 25.9 Å². The smallest absolute Gasteiger partial charge is 0.231 e. The van der Waals surface area contributed by atoms with Gasteiger partial charge >= 0.3 is 0 Å². The minimum absolute atomic E-state index is 0.321. The van der Waals surface area contributed by atoms with Crippen molar-refractivity contribution < 1.29 is 4.52 Å². The number of hydrogen-bond donors (Lipinski definition) is 2. The topological polar surface area (TPSA) is 92.5 Å². The predicted octanol–water partition coefficient (Wildman–Crippen LogP) is 0.322. The lowest BCUT2D eigenvalue weighted by Gasteiger charge is -2.18. The van der Waals surface area contributed by atoms with E-state index in [9.17, 15) is 0 Å². The summed E-state index contributed by atoms with van der Waals surface area (Å²) < 4.78 is 5.25. The molecule has 0 saturated carbocycles. The number of piperidine rings is 1. The second kappa shape index (κ2) is 4.01. The SMILES string of the molecule is c1n[nH]nc1-c1noc(C2CCCNC2)n1. The Hall–Kier alpha value is -1.76. The van der Waals surface area contributed by atoms with Crippen molar-refractivity contribution in [2.75, 3.05) is 13.1 Å². The molecule has 2 N–H and O–H groups in total. The highest BCUT2D eigenvalue weighted by Crippen LogP contribution is 2.23. The van der Waals surface area contributed by atoms with Crippen molar-refractivity contribution in [1.29, 1.82) is 0 Å². The van der Waals surface area contributed by atoms with Crippen LogP contribution in [0, 0.1) is 0 Å². The summed E-state index contributed by atoms with van der Waals surface area (Å²) in [5, 5.41) is 17.4. The van der Waals surface area contributed by atoms with Gasteiger partial charge in [-0.1, -0.05) is 5.16 Å².